The molecule has 0 saturated heterocycles. The largest absolute Gasteiger partial charge is 0.325 e. The van der Waals surface area contributed by atoms with Crippen molar-refractivity contribution in [1.29, 1.82) is 0 Å². The van der Waals surface area contributed by atoms with Crippen LogP contribution >= 0.6 is 11.3 Å². The molecule has 0 bridgehead atoms. The van der Waals surface area contributed by atoms with Crippen LogP contribution in [0, 0.1) is 0 Å². The molecular formula is C23H17N3O4S. The quantitative estimate of drug-likeness (QED) is 0.643. The molecule has 3 heterocycles. The SMILES string of the molecule is O=C(CN1C(=O)c2ccccc2C1=O)Nc1ccc2c(c1)CCN2C(=O)c1cccs1. The number of carbonyl (C=O) groups is 4. The van der Waals surface area contributed by atoms with Gasteiger partial charge in [-0.15, -0.1) is 11.3 Å². The summed E-state index contributed by atoms with van der Waals surface area (Å²) >= 11 is 1.41. The van der Waals surface area contributed by atoms with Crippen molar-refractivity contribution in [3.8, 4) is 0 Å². The van der Waals surface area contributed by atoms with Gasteiger partial charge in [-0.1, -0.05) is 18.2 Å². The van der Waals surface area contributed by atoms with Gasteiger partial charge in [-0.25, -0.2) is 0 Å². The van der Waals surface area contributed by atoms with E-state index < -0.39 is 17.7 Å². The first-order valence-corrected chi connectivity index (χ1v) is 10.6. The Morgan fingerprint density at radius 3 is 2.39 bits per heavy atom. The Bertz CT molecular complexity index is 1200. The molecule has 2 aromatic carbocycles. The molecule has 2 aliphatic rings. The summed E-state index contributed by atoms with van der Waals surface area (Å²) in [5, 5.41) is 4.62. The highest BCUT2D eigenvalue weighted by Gasteiger charge is 2.36. The molecule has 31 heavy (non-hydrogen) atoms. The molecule has 5 rings (SSSR count). The lowest BCUT2D eigenvalue weighted by molar-refractivity contribution is -0.116. The smallest absolute Gasteiger partial charge is 0.268 e. The van der Waals surface area contributed by atoms with E-state index in [0.29, 0.717) is 34.7 Å². The first kappa shape index (κ1) is 19.2. The van der Waals surface area contributed by atoms with Gasteiger partial charge >= 0.3 is 0 Å². The number of nitrogens with zero attached hydrogens (tertiary/aromatic N) is 2. The topological polar surface area (TPSA) is 86.8 Å². The first-order chi connectivity index (χ1) is 15.0. The van der Waals surface area contributed by atoms with Crippen LogP contribution in [0.15, 0.2) is 60.0 Å². The lowest BCUT2D eigenvalue weighted by atomic mass is 10.1. The third-order valence-corrected chi connectivity index (χ3v) is 6.27. The molecule has 1 aromatic heterocycles. The fraction of sp³-hybridized carbons (Fsp3) is 0.130. The van der Waals surface area contributed by atoms with Gasteiger partial charge in [0.1, 0.15) is 6.54 Å². The van der Waals surface area contributed by atoms with Crippen molar-refractivity contribution in [2.75, 3.05) is 23.3 Å². The number of hydrogen-bond donors (Lipinski definition) is 1. The third kappa shape index (κ3) is 3.30. The van der Waals surface area contributed by atoms with Gasteiger partial charge in [0, 0.05) is 17.9 Å². The number of rotatable bonds is 4. The van der Waals surface area contributed by atoms with E-state index in [1.54, 1.807) is 41.3 Å². The van der Waals surface area contributed by atoms with Crippen LogP contribution in [0.5, 0.6) is 0 Å². The van der Waals surface area contributed by atoms with Crippen LogP contribution in [-0.4, -0.2) is 41.6 Å². The number of nitrogens with one attached hydrogen (secondary N) is 1. The normalized spacial score (nSPS) is 14.6. The summed E-state index contributed by atoms with van der Waals surface area (Å²) in [7, 11) is 0. The highest BCUT2D eigenvalue weighted by molar-refractivity contribution is 7.12. The van der Waals surface area contributed by atoms with Crippen LogP contribution in [0.4, 0.5) is 11.4 Å². The van der Waals surface area contributed by atoms with Crippen molar-refractivity contribution in [2.24, 2.45) is 0 Å². The van der Waals surface area contributed by atoms with Crippen molar-refractivity contribution in [1.82, 2.24) is 4.90 Å². The Morgan fingerprint density at radius 1 is 0.968 bits per heavy atom. The van der Waals surface area contributed by atoms with E-state index >= 15 is 0 Å². The molecule has 2 aliphatic heterocycles. The summed E-state index contributed by atoms with van der Waals surface area (Å²) in [4.78, 5) is 53.4. The molecule has 0 atom stereocenters. The zero-order valence-electron chi connectivity index (χ0n) is 16.3. The standard InChI is InChI=1S/C23H17N3O4S/c27-20(13-26-21(28)16-4-1-2-5-17(16)22(26)29)24-15-7-8-18-14(12-15)9-10-25(18)23(30)19-6-3-11-31-19/h1-8,11-12H,9-10,13H2,(H,24,27). The number of anilines is 2. The molecule has 0 aliphatic carbocycles. The van der Waals surface area contributed by atoms with Crippen LogP contribution in [0.25, 0.3) is 0 Å². The van der Waals surface area contributed by atoms with E-state index in [1.165, 1.54) is 11.3 Å². The molecule has 8 heteroatoms. The summed E-state index contributed by atoms with van der Waals surface area (Å²) in [6.07, 6.45) is 0.689. The summed E-state index contributed by atoms with van der Waals surface area (Å²) in [5.74, 6) is -1.42. The second-order valence-corrected chi connectivity index (χ2v) is 8.27. The minimum Gasteiger partial charge on any atom is -0.325 e. The van der Waals surface area contributed by atoms with Crippen LogP contribution in [-0.2, 0) is 11.2 Å². The molecule has 0 saturated carbocycles. The van der Waals surface area contributed by atoms with Gasteiger partial charge in [0.25, 0.3) is 17.7 Å². The highest BCUT2D eigenvalue weighted by atomic mass is 32.1. The van der Waals surface area contributed by atoms with Gasteiger partial charge in [0.05, 0.1) is 16.0 Å². The van der Waals surface area contributed by atoms with Gasteiger partial charge in [-0.3, -0.25) is 24.1 Å². The van der Waals surface area contributed by atoms with Crippen LogP contribution in [0.1, 0.15) is 36.0 Å². The van der Waals surface area contributed by atoms with Crippen molar-refractivity contribution in [3.05, 3.63) is 81.5 Å². The maximum Gasteiger partial charge on any atom is 0.268 e. The zero-order chi connectivity index (χ0) is 21.5. The molecule has 7 nitrogen and oxygen atoms in total. The Balaban J connectivity index is 1.28. The van der Waals surface area contributed by atoms with E-state index in [4.69, 9.17) is 0 Å². The van der Waals surface area contributed by atoms with E-state index in [2.05, 4.69) is 5.32 Å². The van der Waals surface area contributed by atoms with Crippen LogP contribution in [0.2, 0.25) is 0 Å². The molecule has 0 fully saturated rings. The molecule has 4 amide bonds. The molecule has 1 N–H and O–H groups in total. The Morgan fingerprint density at radius 2 is 1.71 bits per heavy atom. The molecular weight excluding hydrogens is 414 g/mol. The highest BCUT2D eigenvalue weighted by Crippen LogP contribution is 2.32. The maximum absolute atomic E-state index is 12.7. The van der Waals surface area contributed by atoms with E-state index in [0.717, 1.165) is 16.2 Å². The predicted molar refractivity (Wildman–Crippen MR) is 117 cm³/mol. The number of hydrogen-bond acceptors (Lipinski definition) is 5. The van der Waals surface area contributed by atoms with Crippen molar-refractivity contribution < 1.29 is 19.2 Å². The number of fused-ring (bicyclic) bond motifs is 2. The predicted octanol–water partition coefficient (Wildman–Crippen LogP) is 3.19. The molecule has 3 aromatic rings. The van der Waals surface area contributed by atoms with Crippen molar-refractivity contribution in [3.63, 3.8) is 0 Å². The lowest BCUT2D eigenvalue weighted by Crippen LogP contribution is -2.37. The van der Waals surface area contributed by atoms with Gasteiger partial charge in [0.15, 0.2) is 0 Å². The number of imide groups is 1. The lowest BCUT2D eigenvalue weighted by Gasteiger charge is -2.17. The molecule has 154 valence electrons. The molecule has 0 radical (unpaired) electrons. The Hall–Kier alpha value is -3.78. The van der Waals surface area contributed by atoms with Gasteiger partial charge in [-0.05, 0) is 53.8 Å². The fourth-order valence-corrected chi connectivity index (χ4v) is 4.62. The maximum atomic E-state index is 12.7. The minimum absolute atomic E-state index is 0.0313. The van der Waals surface area contributed by atoms with Crippen LogP contribution in [0.3, 0.4) is 0 Å². The fourth-order valence-electron chi connectivity index (χ4n) is 3.95. The zero-order valence-corrected chi connectivity index (χ0v) is 17.1. The average molecular weight is 431 g/mol. The van der Waals surface area contributed by atoms with E-state index in [9.17, 15) is 19.2 Å². The number of benzene rings is 2. The minimum atomic E-state index is -0.465. The van der Waals surface area contributed by atoms with Crippen molar-refractivity contribution >= 4 is 46.3 Å². The average Bonchev–Trinajstić information content (AvgIpc) is 3.50. The Labute approximate surface area is 181 Å². The second kappa shape index (κ2) is 7.48. The second-order valence-electron chi connectivity index (χ2n) is 7.32. The third-order valence-electron chi connectivity index (χ3n) is 5.42. The number of carbonyl (C=O) groups excluding carboxylic acids is 4. The van der Waals surface area contributed by atoms with E-state index in [1.807, 2.05) is 23.6 Å². The monoisotopic (exact) mass is 431 g/mol. The van der Waals surface area contributed by atoms with E-state index in [-0.39, 0.29) is 12.5 Å². The summed E-state index contributed by atoms with van der Waals surface area (Å²) in [6, 6.07) is 15.5. The van der Waals surface area contributed by atoms with Crippen LogP contribution < -0.4 is 10.2 Å². The summed E-state index contributed by atoms with van der Waals surface area (Å²) in [5.41, 5.74) is 2.98. The Kier molecular flexibility index (Phi) is 4.63. The number of thiophene rings is 1. The number of amides is 4. The first-order valence-electron chi connectivity index (χ1n) is 9.76. The summed E-state index contributed by atoms with van der Waals surface area (Å²) < 4.78 is 0. The van der Waals surface area contributed by atoms with Gasteiger partial charge in [-0.2, -0.15) is 0 Å². The molecule has 0 unspecified atom stereocenters. The van der Waals surface area contributed by atoms with Gasteiger partial charge in [0.2, 0.25) is 5.91 Å². The van der Waals surface area contributed by atoms with Gasteiger partial charge < -0.3 is 10.2 Å². The summed E-state index contributed by atoms with van der Waals surface area (Å²) in [6.45, 7) is 0.227. The molecule has 0 spiro atoms. The van der Waals surface area contributed by atoms with Crippen molar-refractivity contribution in [2.45, 2.75) is 6.42 Å².